The van der Waals surface area contributed by atoms with E-state index in [-0.39, 0.29) is 0 Å². The normalized spacial score (nSPS) is 11.6. The predicted molar refractivity (Wildman–Crippen MR) is 125 cm³/mol. The van der Waals surface area contributed by atoms with Gasteiger partial charge in [-0.1, -0.05) is 42.5 Å². The molecule has 0 aliphatic rings. The molecule has 0 bridgehead atoms. The maximum Gasteiger partial charge on any atom is 0.151 e. The Labute approximate surface area is 185 Å². The fourth-order valence-corrected chi connectivity index (χ4v) is 3.81. The van der Waals surface area contributed by atoms with E-state index in [2.05, 4.69) is 28.2 Å². The molecule has 0 saturated carbocycles. The summed E-state index contributed by atoms with van der Waals surface area (Å²) < 4.78 is 3.84. The Morgan fingerprint density at radius 3 is 2.59 bits per heavy atom. The van der Waals surface area contributed by atoms with Gasteiger partial charge in [0.05, 0.1) is 23.2 Å². The Bertz CT molecular complexity index is 1450. The lowest BCUT2D eigenvalue weighted by atomic mass is 10.1. The molecule has 6 nitrogen and oxygen atoms in total. The highest BCUT2D eigenvalue weighted by atomic mass is 15.3. The van der Waals surface area contributed by atoms with E-state index >= 15 is 0 Å². The molecule has 3 aromatic heterocycles. The summed E-state index contributed by atoms with van der Waals surface area (Å²) in [4.78, 5) is 8.93. The smallest absolute Gasteiger partial charge is 0.151 e. The highest BCUT2D eigenvalue weighted by Gasteiger charge is 2.15. The van der Waals surface area contributed by atoms with E-state index in [0.717, 1.165) is 33.4 Å². The molecule has 0 fully saturated rings. The number of fused-ring (bicyclic) bond motifs is 1. The number of allylic oxidation sites excluding steroid dienone is 1. The second-order valence-corrected chi connectivity index (χ2v) is 7.51. The second kappa shape index (κ2) is 8.32. The fraction of sp³-hybridized carbons (Fsp3) is 0.0769. The van der Waals surface area contributed by atoms with Crippen LogP contribution in [0.25, 0.3) is 33.9 Å². The van der Waals surface area contributed by atoms with E-state index in [1.54, 1.807) is 12.4 Å². The average molecular weight is 416 g/mol. The molecule has 0 amide bonds. The minimum Gasteiger partial charge on any atom is -0.327 e. The molecule has 0 aliphatic heterocycles. The zero-order valence-electron chi connectivity index (χ0n) is 17.6. The zero-order chi connectivity index (χ0) is 21.9. The van der Waals surface area contributed by atoms with Crippen molar-refractivity contribution in [2.75, 3.05) is 0 Å². The average Bonchev–Trinajstić information content (AvgIpc) is 3.39. The number of hydrogen-bond acceptors (Lipinski definition) is 4. The third-order valence-electron chi connectivity index (χ3n) is 5.36. The van der Waals surface area contributed by atoms with E-state index < -0.39 is 0 Å². The lowest BCUT2D eigenvalue weighted by Gasteiger charge is -2.02. The first-order valence-electron chi connectivity index (χ1n) is 10.3. The lowest BCUT2D eigenvalue weighted by Crippen LogP contribution is -2.00. The molecule has 5 aromatic rings. The van der Waals surface area contributed by atoms with Crippen LogP contribution < -0.4 is 0 Å². The Hall–Kier alpha value is -4.50. The van der Waals surface area contributed by atoms with Gasteiger partial charge in [-0.2, -0.15) is 10.4 Å². The van der Waals surface area contributed by atoms with Crippen molar-refractivity contribution in [1.82, 2.24) is 24.3 Å². The van der Waals surface area contributed by atoms with Gasteiger partial charge < -0.3 is 4.57 Å². The summed E-state index contributed by atoms with van der Waals surface area (Å²) in [5.41, 5.74) is 5.99. The van der Waals surface area contributed by atoms with Crippen LogP contribution in [0, 0.1) is 11.3 Å². The first-order valence-corrected chi connectivity index (χ1v) is 10.3. The Balaban J connectivity index is 1.62. The van der Waals surface area contributed by atoms with Gasteiger partial charge in [0.2, 0.25) is 0 Å². The van der Waals surface area contributed by atoms with Crippen LogP contribution in [0.4, 0.5) is 0 Å². The summed E-state index contributed by atoms with van der Waals surface area (Å²) in [5.74, 6) is 0.627. The van der Waals surface area contributed by atoms with Crippen LogP contribution in [-0.4, -0.2) is 24.3 Å². The second-order valence-electron chi connectivity index (χ2n) is 7.51. The molecule has 0 unspecified atom stereocenters. The molecule has 0 N–H and O–H groups in total. The maximum atomic E-state index is 9.98. The molecule has 3 heterocycles. The van der Waals surface area contributed by atoms with E-state index in [0.29, 0.717) is 17.9 Å². The number of aryl methyl sites for hydroxylation is 1. The monoisotopic (exact) mass is 416 g/mol. The van der Waals surface area contributed by atoms with Crippen LogP contribution in [0.15, 0.2) is 85.3 Å². The summed E-state index contributed by atoms with van der Waals surface area (Å²) in [6.45, 7) is 0.635. The van der Waals surface area contributed by atoms with Crippen molar-refractivity contribution in [2.45, 2.75) is 6.54 Å². The van der Waals surface area contributed by atoms with Gasteiger partial charge in [-0.3, -0.25) is 9.67 Å². The zero-order valence-corrected chi connectivity index (χ0v) is 17.6. The number of nitrogens with zero attached hydrogens (tertiary/aromatic N) is 6. The van der Waals surface area contributed by atoms with Crippen molar-refractivity contribution in [3.8, 4) is 17.3 Å². The van der Waals surface area contributed by atoms with Crippen molar-refractivity contribution >= 4 is 22.7 Å². The number of nitriles is 1. The fourth-order valence-electron chi connectivity index (χ4n) is 3.81. The first kappa shape index (κ1) is 19.5. The molecule has 32 heavy (non-hydrogen) atoms. The van der Waals surface area contributed by atoms with Crippen molar-refractivity contribution in [1.29, 1.82) is 5.26 Å². The minimum atomic E-state index is 0.480. The van der Waals surface area contributed by atoms with E-state index in [9.17, 15) is 5.26 Å². The number of aromatic nitrogens is 5. The van der Waals surface area contributed by atoms with Crippen LogP contribution >= 0.6 is 0 Å². The minimum absolute atomic E-state index is 0.480. The van der Waals surface area contributed by atoms with E-state index in [4.69, 9.17) is 5.10 Å². The molecule has 5 rings (SSSR count). The topological polar surface area (TPSA) is 72.3 Å². The molecular weight excluding hydrogens is 396 g/mol. The number of imidazole rings is 1. The third-order valence-corrected chi connectivity index (χ3v) is 5.36. The highest BCUT2D eigenvalue weighted by Crippen LogP contribution is 2.27. The van der Waals surface area contributed by atoms with Crippen molar-refractivity contribution in [3.05, 3.63) is 102 Å². The Kier molecular flexibility index (Phi) is 5.06. The molecule has 0 spiro atoms. The molecule has 0 atom stereocenters. The number of benzene rings is 2. The summed E-state index contributed by atoms with van der Waals surface area (Å²) in [5, 5.41) is 14.8. The Morgan fingerprint density at radius 1 is 1.03 bits per heavy atom. The van der Waals surface area contributed by atoms with Crippen LogP contribution in [0.1, 0.15) is 17.0 Å². The van der Waals surface area contributed by atoms with E-state index in [1.165, 1.54) is 0 Å². The van der Waals surface area contributed by atoms with Gasteiger partial charge in [0, 0.05) is 36.8 Å². The van der Waals surface area contributed by atoms with Crippen molar-refractivity contribution < 1.29 is 0 Å². The number of hydrogen-bond donors (Lipinski definition) is 0. The van der Waals surface area contributed by atoms with Crippen LogP contribution in [0.2, 0.25) is 0 Å². The largest absolute Gasteiger partial charge is 0.327 e. The van der Waals surface area contributed by atoms with Gasteiger partial charge in [-0.05, 0) is 35.9 Å². The van der Waals surface area contributed by atoms with Crippen molar-refractivity contribution in [3.63, 3.8) is 0 Å². The summed E-state index contributed by atoms with van der Waals surface area (Å²) in [6.07, 6.45) is 7.35. The van der Waals surface area contributed by atoms with Gasteiger partial charge in [0.15, 0.2) is 5.82 Å². The number of para-hydroxylation sites is 2. The van der Waals surface area contributed by atoms with Gasteiger partial charge in [-0.15, -0.1) is 0 Å². The maximum absolute atomic E-state index is 9.98. The van der Waals surface area contributed by atoms with Crippen LogP contribution in [0.5, 0.6) is 0 Å². The molecule has 2 aromatic carbocycles. The van der Waals surface area contributed by atoms with Gasteiger partial charge in [0.1, 0.15) is 11.8 Å². The molecular formula is C26H20N6. The van der Waals surface area contributed by atoms with Crippen molar-refractivity contribution in [2.24, 2.45) is 7.05 Å². The van der Waals surface area contributed by atoms with E-state index in [1.807, 2.05) is 83.2 Å². The molecule has 0 radical (unpaired) electrons. The SMILES string of the molecule is Cn1c(/C(C#N)=C/c2cn(Cc3ccccc3)nc2-c2cccnc2)nc2ccccc21. The standard InChI is InChI=1S/C26H20N6/c1-31-24-12-6-5-11-23(24)29-26(31)21(15-27)14-22-18-32(17-19-8-3-2-4-9-19)30-25(22)20-10-7-13-28-16-20/h2-14,16,18H,17H2,1H3/b21-14+. The molecule has 0 saturated heterocycles. The predicted octanol–water partition coefficient (Wildman–Crippen LogP) is 4.94. The summed E-state index contributed by atoms with van der Waals surface area (Å²) in [7, 11) is 1.93. The Morgan fingerprint density at radius 2 is 1.84 bits per heavy atom. The number of rotatable bonds is 5. The molecule has 0 aliphatic carbocycles. The van der Waals surface area contributed by atoms with Gasteiger partial charge in [0.25, 0.3) is 0 Å². The van der Waals surface area contributed by atoms with Gasteiger partial charge >= 0.3 is 0 Å². The quantitative estimate of drug-likeness (QED) is 0.380. The summed E-state index contributed by atoms with van der Waals surface area (Å²) >= 11 is 0. The lowest BCUT2D eigenvalue weighted by molar-refractivity contribution is 0.689. The molecule has 6 heteroatoms. The van der Waals surface area contributed by atoms with Crippen LogP contribution in [-0.2, 0) is 13.6 Å². The molecule has 154 valence electrons. The first-order chi connectivity index (χ1) is 15.7. The summed E-state index contributed by atoms with van der Waals surface area (Å²) in [6, 6.07) is 24.2. The third kappa shape index (κ3) is 3.68. The number of pyridine rings is 1. The van der Waals surface area contributed by atoms with Crippen LogP contribution in [0.3, 0.4) is 0 Å². The highest BCUT2D eigenvalue weighted by molar-refractivity contribution is 5.93. The van der Waals surface area contributed by atoms with Gasteiger partial charge in [-0.25, -0.2) is 4.98 Å².